The number of ketones is 1. The number of carbonyl (C=O) groups is 2. The number of aromatic nitrogens is 1. The highest BCUT2D eigenvalue weighted by molar-refractivity contribution is 6.04. The fourth-order valence-electron chi connectivity index (χ4n) is 4.80. The van der Waals surface area contributed by atoms with Crippen LogP contribution in [0.15, 0.2) is 24.3 Å². The number of aromatic amines is 1. The van der Waals surface area contributed by atoms with Gasteiger partial charge in [0.05, 0.1) is 12.2 Å². The predicted molar refractivity (Wildman–Crippen MR) is 116 cm³/mol. The van der Waals surface area contributed by atoms with Crippen molar-refractivity contribution in [1.82, 2.24) is 15.2 Å². The molecule has 4 rings (SSSR count). The summed E-state index contributed by atoms with van der Waals surface area (Å²) in [6.45, 7) is 9.20. The second-order valence-electron chi connectivity index (χ2n) is 8.66. The molecule has 2 N–H and O–H groups in total. The highest BCUT2D eigenvalue weighted by atomic mass is 16.5. The Bertz CT molecular complexity index is 939. The van der Waals surface area contributed by atoms with Gasteiger partial charge in [0.2, 0.25) is 0 Å². The van der Waals surface area contributed by atoms with Gasteiger partial charge in [-0.25, -0.2) is 0 Å². The number of nitrogens with zero attached hydrogens (tertiary/aromatic N) is 1. The summed E-state index contributed by atoms with van der Waals surface area (Å²) in [6.07, 6.45) is 2.70. The lowest BCUT2D eigenvalue weighted by Gasteiger charge is -2.35. The summed E-state index contributed by atoms with van der Waals surface area (Å²) >= 11 is 0. The molecule has 0 radical (unpaired) electrons. The number of H-pyrrole nitrogens is 1. The molecule has 6 heteroatoms. The maximum absolute atomic E-state index is 12.9. The van der Waals surface area contributed by atoms with Gasteiger partial charge in [0.15, 0.2) is 5.78 Å². The van der Waals surface area contributed by atoms with Gasteiger partial charge in [-0.1, -0.05) is 24.3 Å². The van der Waals surface area contributed by atoms with Crippen LogP contribution in [0.25, 0.3) is 0 Å². The Morgan fingerprint density at radius 3 is 2.57 bits per heavy atom. The number of amides is 1. The SMILES string of the molecule is Cc1c(C(=O)NCc2ccccc2CN2CC(C)OC(C)C2)[nH]c2c1C(=O)CCC2. The van der Waals surface area contributed by atoms with Crippen molar-refractivity contribution in [1.29, 1.82) is 0 Å². The zero-order chi connectivity index (χ0) is 21.3. The van der Waals surface area contributed by atoms with Crippen LogP contribution in [0.1, 0.15) is 69.9 Å². The van der Waals surface area contributed by atoms with Crippen LogP contribution in [-0.2, 0) is 24.2 Å². The summed E-state index contributed by atoms with van der Waals surface area (Å²) < 4.78 is 5.84. The zero-order valence-corrected chi connectivity index (χ0v) is 18.1. The van der Waals surface area contributed by atoms with E-state index in [0.29, 0.717) is 18.7 Å². The molecular weight excluding hydrogens is 378 g/mol. The number of morpholine rings is 1. The first-order valence-electron chi connectivity index (χ1n) is 10.9. The third-order valence-electron chi connectivity index (χ3n) is 6.11. The van der Waals surface area contributed by atoms with Gasteiger partial charge < -0.3 is 15.0 Å². The average Bonchev–Trinajstić information content (AvgIpc) is 3.04. The van der Waals surface area contributed by atoms with Gasteiger partial charge in [0, 0.05) is 43.9 Å². The molecule has 1 aliphatic carbocycles. The Hall–Kier alpha value is -2.44. The van der Waals surface area contributed by atoms with Crippen molar-refractivity contribution in [2.75, 3.05) is 13.1 Å². The molecule has 1 aliphatic heterocycles. The molecule has 2 aliphatic rings. The fraction of sp³-hybridized carbons (Fsp3) is 0.500. The number of hydrogen-bond acceptors (Lipinski definition) is 4. The minimum absolute atomic E-state index is 0.142. The van der Waals surface area contributed by atoms with Gasteiger partial charge in [0.25, 0.3) is 5.91 Å². The number of Topliss-reactive ketones (excluding diaryl/α,β-unsaturated/α-hetero) is 1. The van der Waals surface area contributed by atoms with Crippen LogP contribution in [0.5, 0.6) is 0 Å². The molecule has 1 aromatic carbocycles. The van der Waals surface area contributed by atoms with E-state index in [1.165, 1.54) is 5.56 Å². The molecule has 0 spiro atoms. The minimum atomic E-state index is -0.155. The standard InChI is InChI=1S/C24H31N3O3/c1-15-12-27(13-16(2)30-15)14-19-8-5-4-7-18(19)11-25-24(29)23-17(3)22-20(26-23)9-6-10-21(22)28/h4-5,7-8,15-16,26H,6,9-14H2,1-3H3,(H,25,29). The molecule has 0 saturated carbocycles. The van der Waals surface area contributed by atoms with Gasteiger partial charge in [-0.05, 0) is 50.3 Å². The molecule has 2 atom stereocenters. The Kier molecular flexibility index (Phi) is 6.06. The van der Waals surface area contributed by atoms with Crippen molar-refractivity contribution in [3.05, 3.63) is 57.9 Å². The third kappa shape index (κ3) is 4.35. The van der Waals surface area contributed by atoms with E-state index in [1.807, 2.05) is 19.1 Å². The van der Waals surface area contributed by atoms with Crippen LogP contribution >= 0.6 is 0 Å². The molecule has 1 fully saturated rings. The summed E-state index contributed by atoms with van der Waals surface area (Å²) in [7, 11) is 0. The Balaban J connectivity index is 1.45. The molecule has 160 valence electrons. The molecule has 2 heterocycles. The molecular formula is C24H31N3O3. The predicted octanol–water partition coefficient (Wildman–Crippen LogP) is 3.38. The fourth-order valence-corrected chi connectivity index (χ4v) is 4.80. The van der Waals surface area contributed by atoms with Crippen LogP contribution in [0, 0.1) is 6.92 Å². The lowest BCUT2D eigenvalue weighted by Crippen LogP contribution is -2.45. The van der Waals surface area contributed by atoms with Crippen LogP contribution in [-0.4, -0.2) is 46.9 Å². The monoisotopic (exact) mass is 409 g/mol. The second kappa shape index (κ2) is 8.74. The first-order valence-corrected chi connectivity index (χ1v) is 10.9. The molecule has 30 heavy (non-hydrogen) atoms. The van der Waals surface area contributed by atoms with E-state index in [9.17, 15) is 9.59 Å². The van der Waals surface area contributed by atoms with Crippen molar-refractivity contribution in [2.24, 2.45) is 0 Å². The highest BCUT2D eigenvalue weighted by Gasteiger charge is 2.26. The summed E-state index contributed by atoms with van der Waals surface area (Å²) in [6, 6.07) is 8.25. The number of rotatable bonds is 5. The molecule has 2 unspecified atom stereocenters. The van der Waals surface area contributed by atoms with E-state index in [1.54, 1.807) is 0 Å². The lowest BCUT2D eigenvalue weighted by atomic mass is 9.94. The summed E-state index contributed by atoms with van der Waals surface area (Å²) in [5, 5.41) is 3.05. The molecule has 0 bridgehead atoms. The first kappa shape index (κ1) is 20.8. The van der Waals surface area contributed by atoms with Crippen LogP contribution in [0.4, 0.5) is 0 Å². The topological polar surface area (TPSA) is 74.4 Å². The number of hydrogen-bond donors (Lipinski definition) is 2. The molecule has 6 nitrogen and oxygen atoms in total. The molecule has 1 aromatic heterocycles. The van der Waals surface area contributed by atoms with Crippen molar-refractivity contribution in [2.45, 2.75) is 65.3 Å². The number of benzene rings is 1. The summed E-state index contributed by atoms with van der Waals surface area (Å²) in [5.74, 6) is -0.0125. The van der Waals surface area contributed by atoms with Crippen molar-refractivity contribution in [3.63, 3.8) is 0 Å². The Morgan fingerprint density at radius 2 is 1.87 bits per heavy atom. The first-order chi connectivity index (χ1) is 14.4. The van der Waals surface area contributed by atoms with Gasteiger partial charge in [0.1, 0.15) is 5.69 Å². The van der Waals surface area contributed by atoms with Crippen molar-refractivity contribution in [3.8, 4) is 0 Å². The van der Waals surface area contributed by atoms with Gasteiger partial charge in [-0.3, -0.25) is 14.5 Å². The molecule has 1 saturated heterocycles. The van der Waals surface area contributed by atoms with Gasteiger partial charge in [-0.2, -0.15) is 0 Å². The summed E-state index contributed by atoms with van der Waals surface area (Å²) in [4.78, 5) is 30.7. The van der Waals surface area contributed by atoms with Gasteiger partial charge >= 0.3 is 0 Å². The van der Waals surface area contributed by atoms with Crippen LogP contribution in [0.3, 0.4) is 0 Å². The highest BCUT2D eigenvalue weighted by Crippen LogP contribution is 2.26. The van der Waals surface area contributed by atoms with Crippen molar-refractivity contribution < 1.29 is 14.3 Å². The largest absolute Gasteiger partial charge is 0.373 e. The third-order valence-corrected chi connectivity index (χ3v) is 6.11. The van der Waals surface area contributed by atoms with Gasteiger partial charge in [-0.15, -0.1) is 0 Å². The van der Waals surface area contributed by atoms with E-state index in [4.69, 9.17) is 4.74 Å². The van der Waals surface area contributed by atoms with E-state index in [-0.39, 0.29) is 23.9 Å². The smallest absolute Gasteiger partial charge is 0.268 e. The molecule has 1 amide bonds. The van der Waals surface area contributed by atoms with E-state index < -0.39 is 0 Å². The number of carbonyl (C=O) groups excluding carboxylic acids is 2. The second-order valence-corrected chi connectivity index (χ2v) is 8.66. The maximum atomic E-state index is 12.9. The Morgan fingerprint density at radius 1 is 1.17 bits per heavy atom. The van der Waals surface area contributed by atoms with Crippen LogP contribution < -0.4 is 5.32 Å². The van der Waals surface area contributed by atoms with E-state index in [2.05, 4.69) is 41.2 Å². The van der Waals surface area contributed by atoms with Crippen LogP contribution in [0.2, 0.25) is 0 Å². The zero-order valence-electron chi connectivity index (χ0n) is 18.1. The quantitative estimate of drug-likeness (QED) is 0.794. The minimum Gasteiger partial charge on any atom is -0.373 e. The Labute approximate surface area is 178 Å². The normalized spacial score (nSPS) is 22.0. The maximum Gasteiger partial charge on any atom is 0.268 e. The number of fused-ring (bicyclic) bond motifs is 1. The van der Waals surface area contributed by atoms with E-state index >= 15 is 0 Å². The number of ether oxygens (including phenoxy) is 1. The molecule has 2 aromatic rings. The van der Waals surface area contributed by atoms with E-state index in [0.717, 1.165) is 54.9 Å². The number of aryl methyl sites for hydroxylation is 1. The average molecular weight is 410 g/mol. The lowest BCUT2D eigenvalue weighted by molar-refractivity contribution is -0.0705. The van der Waals surface area contributed by atoms with Crippen molar-refractivity contribution >= 4 is 11.7 Å². The summed E-state index contributed by atoms with van der Waals surface area (Å²) in [5.41, 5.74) is 5.26. The number of nitrogens with one attached hydrogen (secondary N) is 2.